The number of nitrogens with zero attached hydrogens (tertiary/aromatic N) is 5. The number of aliphatic hydroxyl groups excluding tert-OH is 1. The van der Waals surface area contributed by atoms with Crippen LogP contribution in [0.3, 0.4) is 0 Å². The van der Waals surface area contributed by atoms with E-state index in [4.69, 9.17) is 31.3 Å². The lowest BCUT2D eigenvalue weighted by atomic mass is 9.97. The maximum atomic E-state index is 12.8. The number of halogens is 1. The second-order valence-corrected chi connectivity index (χ2v) is 9.75. The van der Waals surface area contributed by atoms with Gasteiger partial charge in [0.2, 0.25) is 0 Å². The summed E-state index contributed by atoms with van der Waals surface area (Å²) in [4.78, 5) is 22.2. The first-order valence-corrected chi connectivity index (χ1v) is 12.1. The van der Waals surface area contributed by atoms with Crippen molar-refractivity contribution in [1.29, 1.82) is 0 Å². The molecule has 0 bridgehead atoms. The number of amides is 1. The van der Waals surface area contributed by atoms with Crippen LogP contribution in [0.25, 0.3) is 10.4 Å². The molecular formula is C22H22ClN5O5S. The minimum absolute atomic E-state index is 0.179. The number of likely N-dealkylation sites (tertiary alicyclic amines) is 1. The van der Waals surface area contributed by atoms with Gasteiger partial charge in [-0.25, -0.2) is 4.98 Å². The molecule has 34 heavy (non-hydrogen) atoms. The molecule has 2 aromatic rings. The van der Waals surface area contributed by atoms with Gasteiger partial charge in [-0.05, 0) is 18.0 Å². The summed E-state index contributed by atoms with van der Waals surface area (Å²) in [5.74, 6) is -0.199. The highest BCUT2D eigenvalue weighted by atomic mass is 35.5. The Labute approximate surface area is 204 Å². The van der Waals surface area contributed by atoms with E-state index in [1.807, 2.05) is 30.3 Å². The molecule has 0 saturated carbocycles. The molecule has 3 unspecified atom stereocenters. The van der Waals surface area contributed by atoms with Gasteiger partial charge in [0.1, 0.15) is 29.4 Å². The molecule has 1 N–H and O–H groups in total. The zero-order valence-electron chi connectivity index (χ0n) is 17.9. The van der Waals surface area contributed by atoms with Gasteiger partial charge in [-0.1, -0.05) is 58.8 Å². The molecule has 10 nitrogen and oxygen atoms in total. The van der Waals surface area contributed by atoms with E-state index < -0.39 is 36.1 Å². The number of rotatable bonds is 5. The Kier molecular flexibility index (Phi) is 6.94. The smallest absolute Gasteiger partial charge is 0.273 e. The van der Waals surface area contributed by atoms with Crippen molar-refractivity contribution in [2.45, 2.75) is 47.4 Å². The predicted molar refractivity (Wildman–Crippen MR) is 123 cm³/mol. The highest BCUT2D eigenvalue weighted by Crippen LogP contribution is 2.41. The standard InChI is InChI=1S/C22H22ClN5O5S/c23-13-9-15(16(25-10-13)20(30)28-7-4-8-28)34-22-18(29)17(26-27-24)19-14(32-22)11-31-21(33-19)12-5-2-1-3-6-12/h1-3,5-6,9-10,14,17-19,21-22,29H,4,7-8,11H2/t14?,17?,18-,19-,21?,22+/m0/s1. The van der Waals surface area contributed by atoms with Gasteiger partial charge in [0.25, 0.3) is 5.91 Å². The third-order valence-electron chi connectivity index (χ3n) is 6.00. The molecule has 4 heterocycles. The molecule has 3 aliphatic rings. The van der Waals surface area contributed by atoms with E-state index in [2.05, 4.69) is 15.0 Å². The third-order valence-corrected chi connectivity index (χ3v) is 7.39. The zero-order valence-corrected chi connectivity index (χ0v) is 19.5. The van der Waals surface area contributed by atoms with Crippen molar-refractivity contribution in [3.05, 3.63) is 69.3 Å². The molecule has 3 aliphatic heterocycles. The normalized spacial score (nSPS) is 30.6. The van der Waals surface area contributed by atoms with Crippen LogP contribution >= 0.6 is 23.4 Å². The molecule has 3 fully saturated rings. The number of carbonyl (C=O) groups excluding carboxylic acids is 1. The highest BCUT2D eigenvalue weighted by molar-refractivity contribution is 8.00. The van der Waals surface area contributed by atoms with Crippen LogP contribution in [0.2, 0.25) is 5.02 Å². The van der Waals surface area contributed by atoms with E-state index in [-0.39, 0.29) is 18.2 Å². The number of aliphatic hydroxyl groups is 1. The molecule has 0 radical (unpaired) electrons. The lowest BCUT2D eigenvalue weighted by Gasteiger charge is -2.46. The second-order valence-electron chi connectivity index (χ2n) is 8.17. The quantitative estimate of drug-likeness (QED) is 0.375. The Morgan fingerprint density at radius 2 is 2.09 bits per heavy atom. The number of aromatic nitrogens is 1. The third kappa shape index (κ3) is 4.60. The summed E-state index contributed by atoms with van der Waals surface area (Å²) in [6, 6.07) is 10.1. The number of thioether (sulfide) groups is 1. The molecule has 5 rings (SSSR count). The molecule has 178 valence electrons. The maximum Gasteiger partial charge on any atom is 0.273 e. The van der Waals surface area contributed by atoms with Gasteiger partial charge in [-0.2, -0.15) is 0 Å². The Hall–Kier alpha value is -2.37. The Balaban J connectivity index is 1.38. The van der Waals surface area contributed by atoms with Crippen molar-refractivity contribution >= 4 is 29.3 Å². The van der Waals surface area contributed by atoms with Crippen molar-refractivity contribution in [1.82, 2.24) is 9.88 Å². The van der Waals surface area contributed by atoms with Gasteiger partial charge >= 0.3 is 0 Å². The fourth-order valence-corrected chi connectivity index (χ4v) is 5.53. The van der Waals surface area contributed by atoms with E-state index >= 15 is 0 Å². The lowest BCUT2D eigenvalue weighted by molar-refractivity contribution is -0.297. The molecule has 0 aliphatic carbocycles. The summed E-state index contributed by atoms with van der Waals surface area (Å²) in [5.41, 5.74) is 9.36. The number of benzene rings is 1. The van der Waals surface area contributed by atoms with E-state index in [1.165, 1.54) is 6.20 Å². The minimum atomic E-state index is -1.21. The Bertz CT molecular complexity index is 1100. The summed E-state index contributed by atoms with van der Waals surface area (Å²) in [6.45, 7) is 1.53. The van der Waals surface area contributed by atoms with E-state index in [9.17, 15) is 9.90 Å². The molecule has 6 atom stereocenters. The largest absolute Gasteiger partial charge is 0.389 e. The minimum Gasteiger partial charge on any atom is -0.389 e. The first kappa shape index (κ1) is 23.4. The lowest BCUT2D eigenvalue weighted by Crippen LogP contribution is -2.60. The van der Waals surface area contributed by atoms with Gasteiger partial charge in [0.15, 0.2) is 6.29 Å². The summed E-state index contributed by atoms with van der Waals surface area (Å²) in [6.07, 6.45) is -0.797. The maximum absolute atomic E-state index is 12.8. The fraction of sp³-hybridized carbons (Fsp3) is 0.455. The molecule has 12 heteroatoms. The van der Waals surface area contributed by atoms with Crippen LogP contribution in [-0.4, -0.2) is 70.4 Å². The van der Waals surface area contributed by atoms with Crippen LogP contribution in [0.15, 0.2) is 52.6 Å². The molecule has 1 amide bonds. The number of azide groups is 1. The second kappa shape index (κ2) is 10.1. The van der Waals surface area contributed by atoms with Crippen molar-refractivity contribution < 1.29 is 24.1 Å². The van der Waals surface area contributed by atoms with Crippen LogP contribution in [0.4, 0.5) is 0 Å². The number of pyridine rings is 1. The van der Waals surface area contributed by atoms with Crippen LogP contribution in [0, 0.1) is 0 Å². The van der Waals surface area contributed by atoms with Gasteiger partial charge in [-0.15, -0.1) is 0 Å². The number of hydrogen-bond acceptors (Lipinski definition) is 8. The van der Waals surface area contributed by atoms with Crippen LogP contribution < -0.4 is 0 Å². The first-order valence-electron chi connectivity index (χ1n) is 10.9. The molecule has 0 spiro atoms. The fourth-order valence-electron chi connectivity index (χ4n) is 4.11. The summed E-state index contributed by atoms with van der Waals surface area (Å²) < 4.78 is 18.1. The Morgan fingerprint density at radius 1 is 1.29 bits per heavy atom. The SMILES string of the molecule is [N-]=[N+]=NC1[C@H]2OC(c3ccccc3)OCC2O[C@H](Sc2cc(Cl)cnc2C(=O)N2CCC2)[C@H]1O. The van der Waals surface area contributed by atoms with Crippen LogP contribution in [-0.2, 0) is 14.2 Å². The van der Waals surface area contributed by atoms with Gasteiger partial charge < -0.3 is 24.2 Å². The predicted octanol–water partition coefficient (Wildman–Crippen LogP) is 3.55. The van der Waals surface area contributed by atoms with E-state index in [0.29, 0.717) is 23.0 Å². The van der Waals surface area contributed by atoms with Crippen molar-refractivity contribution in [2.24, 2.45) is 5.11 Å². The number of ether oxygens (including phenoxy) is 3. The topological polar surface area (TPSA) is 130 Å². The number of carbonyl (C=O) groups is 1. The summed E-state index contributed by atoms with van der Waals surface area (Å²) in [5, 5.41) is 15.3. The Morgan fingerprint density at radius 3 is 2.79 bits per heavy atom. The monoisotopic (exact) mass is 503 g/mol. The average Bonchev–Trinajstić information content (AvgIpc) is 2.81. The van der Waals surface area contributed by atoms with Crippen LogP contribution in [0.5, 0.6) is 0 Å². The average molecular weight is 504 g/mol. The number of hydrogen-bond donors (Lipinski definition) is 1. The zero-order chi connectivity index (χ0) is 23.7. The summed E-state index contributed by atoms with van der Waals surface area (Å²) in [7, 11) is 0. The van der Waals surface area contributed by atoms with Crippen molar-refractivity contribution in [3.8, 4) is 0 Å². The van der Waals surface area contributed by atoms with E-state index in [0.717, 1.165) is 23.7 Å². The van der Waals surface area contributed by atoms with Gasteiger partial charge in [-0.3, -0.25) is 4.79 Å². The summed E-state index contributed by atoms with van der Waals surface area (Å²) >= 11 is 7.27. The molecular weight excluding hydrogens is 482 g/mol. The van der Waals surface area contributed by atoms with Crippen molar-refractivity contribution in [2.75, 3.05) is 19.7 Å². The van der Waals surface area contributed by atoms with Crippen molar-refractivity contribution in [3.63, 3.8) is 0 Å². The molecule has 1 aromatic carbocycles. The molecule has 3 saturated heterocycles. The number of fused-ring (bicyclic) bond motifs is 1. The van der Waals surface area contributed by atoms with Gasteiger partial charge in [0.05, 0.1) is 17.7 Å². The molecule has 1 aromatic heterocycles. The van der Waals surface area contributed by atoms with E-state index in [1.54, 1.807) is 11.0 Å². The van der Waals surface area contributed by atoms with Crippen LogP contribution in [0.1, 0.15) is 28.8 Å². The first-order chi connectivity index (χ1) is 16.5. The highest BCUT2D eigenvalue weighted by Gasteiger charge is 2.49. The van der Waals surface area contributed by atoms with Gasteiger partial charge in [0, 0.05) is 34.7 Å².